The number of amides is 1. The molecule has 1 aliphatic rings. The quantitative estimate of drug-likeness (QED) is 0.585. The van der Waals surface area contributed by atoms with E-state index in [1.165, 1.54) is 30.3 Å². The molecule has 3 heterocycles. The summed E-state index contributed by atoms with van der Waals surface area (Å²) in [7, 11) is 1.95. The molecule has 0 atom stereocenters. The van der Waals surface area contributed by atoms with Gasteiger partial charge in [0, 0.05) is 43.7 Å². The lowest BCUT2D eigenvalue weighted by molar-refractivity contribution is -0.129. The molecule has 0 bridgehead atoms. The van der Waals surface area contributed by atoms with Gasteiger partial charge in [0.25, 0.3) is 0 Å². The normalized spacial score (nSPS) is 14.2. The van der Waals surface area contributed by atoms with Crippen LogP contribution in [0.3, 0.4) is 0 Å². The summed E-state index contributed by atoms with van der Waals surface area (Å²) in [6.07, 6.45) is 6.85. The second-order valence-corrected chi connectivity index (χ2v) is 8.07. The average Bonchev–Trinajstić information content (AvgIpc) is 3.10. The van der Waals surface area contributed by atoms with Gasteiger partial charge in [-0.3, -0.25) is 9.78 Å². The van der Waals surface area contributed by atoms with Gasteiger partial charge in [-0.1, -0.05) is 11.8 Å². The number of piperidine rings is 1. The molecule has 7 heteroatoms. The van der Waals surface area contributed by atoms with Crippen molar-refractivity contribution < 1.29 is 9.18 Å². The highest BCUT2D eigenvalue weighted by atomic mass is 32.2. The first-order valence-corrected chi connectivity index (χ1v) is 10.8. The molecular weight excluding hydrogens is 387 g/mol. The Hall–Kier alpha value is -2.67. The highest BCUT2D eigenvalue weighted by molar-refractivity contribution is 7.99. The van der Waals surface area contributed by atoms with Crippen molar-refractivity contribution in [3.8, 4) is 22.5 Å². The monoisotopic (exact) mass is 410 g/mol. The summed E-state index contributed by atoms with van der Waals surface area (Å²) in [4.78, 5) is 23.4. The lowest BCUT2D eigenvalue weighted by Gasteiger charge is -2.26. The van der Waals surface area contributed by atoms with E-state index in [2.05, 4.69) is 4.98 Å². The van der Waals surface area contributed by atoms with E-state index in [9.17, 15) is 9.18 Å². The Kier molecular flexibility index (Phi) is 5.94. The van der Waals surface area contributed by atoms with Crippen LogP contribution in [0.25, 0.3) is 22.5 Å². The van der Waals surface area contributed by atoms with Crippen LogP contribution in [0.1, 0.15) is 19.3 Å². The predicted octanol–water partition coefficient (Wildman–Crippen LogP) is 4.39. The van der Waals surface area contributed by atoms with E-state index >= 15 is 0 Å². The van der Waals surface area contributed by atoms with Gasteiger partial charge in [-0.25, -0.2) is 9.37 Å². The minimum atomic E-state index is -0.281. The number of hydrogen-bond donors (Lipinski definition) is 0. The molecule has 29 heavy (non-hydrogen) atoms. The van der Waals surface area contributed by atoms with Gasteiger partial charge >= 0.3 is 0 Å². The van der Waals surface area contributed by atoms with Crippen molar-refractivity contribution in [2.75, 3.05) is 18.8 Å². The van der Waals surface area contributed by atoms with Crippen molar-refractivity contribution in [1.82, 2.24) is 19.4 Å². The van der Waals surface area contributed by atoms with Crippen LogP contribution in [0.4, 0.5) is 4.39 Å². The number of hydrogen-bond acceptors (Lipinski definition) is 4. The number of likely N-dealkylation sites (tertiary alicyclic amines) is 1. The van der Waals surface area contributed by atoms with Gasteiger partial charge in [-0.05, 0) is 55.7 Å². The third-order valence-electron chi connectivity index (χ3n) is 5.16. The molecule has 1 aromatic carbocycles. The molecule has 0 saturated carbocycles. The van der Waals surface area contributed by atoms with Crippen LogP contribution in [0.5, 0.6) is 0 Å². The standard InChI is InChI=1S/C22H23FN4OS/c1-26-21(17-9-11-24-12-10-17)20(16-5-7-18(23)8-6-16)25-22(26)29-15-19(28)27-13-3-2-4-14-27/h5-12H,2-4,13-15H2,1H3. The number of nitrogens with zero attached hydrogens (tertiary/aromatic N) is 4. The molecule has 1 amide bonds. The molecule has 2 aromatic heterocycles. The summed E-state index contributed by atoms with van der Waals surface area (Å²) in [5.74, 6) is 0.243. The number of carbonyl (C=O) groups excluding carboxylic acids is 1. The first-order chi connectivity index (χ1) is 14.1. The molecule has 3 aromatic rings. The van der Waals surface area contributed by atoms with Crippen LogP contribution in [0.15, 0.2) is 53.9 Å². The van der Waals surface area contributed by atoms with E-state index in [1.54, 1.807) is 24.5 Å². The summed E-state index contributed by atoms with van der Waals surface area (Å²) in [6.45, 7) is 1.70. The number of aromatic nitrogens is 3. The van der Waals surface area contributed by atoms with Gasteiger partial charge in [0.15, 0.2) is 5.16 Å². The minimum absolute atomic E-state index is 0.159. The molecule has 0 radical (unpaired) electrons. The maximum atomic E-state index is 13.4. The zero-order valence-corrected chi connectivity index (χ0v) is 17.2. The van der Waals surface area contributed by atoms with Gasteiger partial charge in [0.1, 0.15) is 5.82 Å². The molecule has 150 valence electrons. The van der Waals surface area contributed by atoms with Gasteiger partial charge in [-0.2, -0.15) is 0 Å². The van der Waals surface area contributed by atoms with Crippen LogP contribution in [-0.4, -0.2) is 44.2 Å². The van der Waals surface area contributed by atoms with Crippen molar-refractivity contribution in [3.63, 3.8) is 0 Å². The van der Waals surface area contributed by atoms with Gasteiger partial charge in [0.2, 0.25) is 5.91 Å². The second-order valence-electron chi connectivity index (χ2n) is 7.12. The fraction of sp³-hybridized carbons (Fsp3) is 0.318. The molecule has 1 saturated heterocycles. The number of carbonyl (C=O) groups is 1. The third kappa shape index (κ3) is 4.34. The second kappa shape index (κ2) is 8.78. The Bertz CT molecular complexity index is 982. The highest BCUT2D eigenvalue weighted by Gasteiger charge is 2.21. The zero-order chi connectivity index (χ0) is 20.2. The Balaban J connectivity index is 1.64. The van der Waals surface area contributed by atoms with Crippen LogP contribution in [0.2, 0.25) is 0 Å². The minimum Gasteiger partial charge on any atom is -0.342 e. The van der Waals surface area contributed by atoms with E-state index in [0.717, 1.165) is 53.6 Å². The molecule has 5 nitrogen and oxygen atoms in total. The van der Waals surface area contributed by atoms with Gasteiger partial charge in [0.05, 0.1) is 17.1 Å². The maximum Gasteiger partial charge on any atom is 0.233 e. The van der Waals surface area contributed by atoms with Gasteiger partial charge in [-0.15, -0.1) is 0 Å². The summed E-state index contributed by atoms with van der Waals surface area (Å²) < 4.78 is 15.4. The van der Waals surface area contributed by atoms with E-state index < -0.39 is 0 Å². The van der Waals surface area contributed by atoms with Crippen molar-refractivity contribution in [2.24, 2.45) is 7.05 Å². The molecule has 0 spiro atoms. The average molecular weight is 411 g/mol. The molecule has 0 aliphatic carbocycles. The number of pyridine rings is 1. The maximum absolute atomic E-state index is 13.4. The number of rotatable bonds is 5. The number of imidazole rings is 1. The van der Waals surface area contributed by atoms with E-state index in [1.807, 2.05) is 28.6 Å². The predicted molar refractivity (Wildman–Crippen MR) is 113 cm³/mol. The lowest BCUT2D eigenvalue weighted by atomic mass is 10.1. The molecule has 0 N–H and O–H groups in total. The Labute approximate surface area is 174 Å². The largest absolute Gasteiger partial charge is 0.342 e. The van der Waals surface area contributed by atoms with Crippen LogP contribution < -0.4 is 0 Å². The van der Waals surface area contributed by atoms with Crippen LogP contribution in [-0.2, 0) is 11.8 Å². The van der Waals surface area contributed by atoms with Crippen LogP contribution in [0, 0.1) is 5.82 Å². The van der Waals surface area contributed by atoms with Crippen LogP contribution >= 0.6 is 11.8 Å². The Morgan fingerprint density at radius 3 is 2.41 bits per heavy atom. The van der Waals surface area contributed by atoms with E-state index in [0.29, 0.717) is 5.75 Å². The van der Waals surface area contributed by atoms with Crippen molar-refractivity contribution in [2.45, 2.75) is 24.4 Å². The first kappa shape index (κ1) is 19.6. The summed E-state index contributed by atoms with van der Waals surface area (Å²) in [5, 5.41) is 0.765. The number of thioether (sulfide) groups is 1. The smallest absolute Gasteiger partial charge is 0.233 e. The molecule has 1 fully saturated rings. The summed E-state index contributed by atoms with van der Waals surface area (Å²) in [6, 6.07) is 10.2. The third-order valence-corrected chi connectivity index (χ3v) is 6.17. The molecule has 0 unspecified atom stereocenters. The summed E-state index contributed by atoms with van der Waals surface area (Å²) >= 11 is 1.45. The number of halogens is 1. The zero-order valence-electron chi connectivity index (χ0n) is 16.3. The van der Waals surface area contributed by atoms with Crippen molar-refractivity contribution in [1.29, 1.82) is 0 Å². The lowest BCUT2D eigenvalue weighted by Crippen LogP contribution is -2.36. The van der Waals surface area contributed by atoms with Gasteiger partial charge < -0.3 is 9.47 Å². The fourth-order valence-electron chi connectivity index (χ4n) is 3.62. The van der Waals surface area contributed by atoms with E-state index in [-0.39, 0.29) is 11.7 Å². The first-order valence-electron chi connectivity index (χ1n) is 9.77. The van der Waals surface area contributed by atoms with Crippen molar-refractivity contribution >= 4 is 17.7 Å². The molecular formula is C22H23FN4OS. The Morgan fingerprint density at radius 1 is 1.03 bits per heavy atom. The van der Waals surface area contributed by atoms with E-state index in [4.69, 9.17) is 4.98 Å². The summed E-state index contributed by atoms with van der Waals surface area (Å²) in [5.41, 5.74) is 3.50. The Morgan fingerprint density at radius 2 is 1.72 bits per heavy atom. The topological polar surface area (TPSA) is 51.0 Å². The SMILES string of the molecule is Cn1c(SCC(=O)N2CCCCC2)nc(-c2ccc(F)cc2)c1-c1ccncc1. The molecule has 4 rings (SSSR count). The highest BCUT2D eigenvalue weighted by Crippen LogP contribution is 2.35. The van der Waals surface area contributed by atoms with Crippen molar-refractivity contribution in [3.05, 3.63) is 54.6 Å². The fourth-order valence-corrected chi connectivity index (χ4v) is 4.49. The number of benzene rings is 1. The molecule has 1 aliphatic heterocycles.